The topological polar surface area (TPSA) is 69.6 Å². The molecule has 1 saturated heterocycles. The Morgan fingerprint density at radius 2 is 2.11 bits per heavy atom. The quantitative estimate of drug-likeness (QED) is 0.812. The lowest BCUT2D eigenvalue weighted by Crippen LogP contribution is -2.51. The summed E-state index contributed by atoms with van der Waals surface area (Å²) in [6, 6.07) is -0.0179. The molecule has 19 heavy (non-hydrogen) atoms. The van der Waals surface area contributed by atoms with Gasteiger partial charge in [-0.05, 0) is 33.1 Å². The molecule has 2 rings (SSSR count). The van der Waals surface area contributed by atoms with E-state index in [1.54, 1.807) is 0 Å². The second-order valence-corrected chi connectivity index (χ2v) is 7.83. The average molecular weight is 286 g/mol. The Morgan fingerprint density at radius 1 is 1.37 bits per heavy atom. The molecule has 0 bridgehead atoms. The summed E-state index contributed by atoms with van der Waals surface area (Å²) in [5, 5.41) is 11.9. The fraction of sp³-hybridized carbons (Fsp3) is 0.846. The summed E-state index contributed by atoms with van der Waals surface area (Å²) in [4.78, 5) is 24.9. The molecule has 2 fully saturated rings. The summed E-state index contributed by atoms with van der Waals surface area (Å²) in [6.07, 6.45) is 2.00. The number of urea groups is 1. The number of hydrogen-bond donors (Lipinski definition) is 2. The number of nitrogens with zero attached hydrogens (tertiary/aromatic N) is 1. The van der Waals surface area contributed by atoms with E-state index in [9.17, 15) is 9.59 Å². The van der Waals surface area contributed by atoms with Crippen LogP contribution in [0.3, 0.4) is 0 Å². The van der Waals surface area contributed by atoms with Crippen LogP contribution < -0.4 is 5.32 Å². The molecule has 1 aliphatic carbocycles. The van der Waals surface area contributed by atoms with Gasteiger partial charge in [0.25, 0.3) is 0 Å². The Bertz CT molecular complexity index is 373. The number of aliphatic carboxylic acids is 1. The molecule has 0 aromatic carbocycles. The van der Waals surface area contributed by atoms with E-state index in [-0.39, 0.29) is 22.7 Å². The SMILES string of the molecule is CC1(C)CN(C(=O)NC2CCC(C(=O)O)C2)CCS1. The third-order valence-corrected chi connectivity index (χ3v) is 5.12. The largest absolute Gasteiger partial charge is 0.481 e. The van der Waals surface area contributed by atoms with Crippen molar-refractivity contribution in [2.45, 2.75) is 43.9 Å². The molecule has 2 aliphatic rings. The second kappa shape index (κ2) is 5.61. The molecular weight excluding hydrogens is 264 g/mol. The minimum absolute atomic E-state index is 0.0197. The summed E-state index contributed by atoms with van der Waals surface area (Å²) in [5.74, 6) is -0.0750. The van der Waals surface area contributed by atoms with Gasteiger partial charge in [-0.15, -0.1) is 0 Å². The summed E-state index contributed by atoms with van der Waals surface area (Å²) in [5.41, 5.74) is 0. The summed E-state index contributed by atoms with van der Waals surface area (Å²) >= 11 is 1.89. The Balaban J connectivity index is 1.83. The maximum Gasteiger partial charge on any atom is 0.317 e. The van der Waals surface area contributed by atoms with Crippen LogP contribution in [0.2, 0.25) is 0 Å². The van der Waals surface area contributed by atoms with Gasteiger partial charge in [0, 0.05) is 29.6 Å². The van der Waals surface area contributed by atoms with Crippen molar-refractivity contribution in [3.63, 3.8) is 0 Å². The van der Waals surface area contributed by atoms with Crippen molar-refractivity contribution in [3.8, 4) is 0 Å². The highest BCUT2D eigenvalue weighted by Gasteiger charge is 2.34. The number of carbonyl (C=O) groups is 2. The van der Waals surface area contributed by atoms with E-state index in [1.807, 2.05) is 16.7 Å². The first-order chi connectivity index (χ1) is 8.87. The van der Waals surface area contributed by atoms with Crippen molar-refractivity contribution in [3.05, 3.63) is 0 Å². The molecule has 0 radical (unpaired) electrons. The van der Waals surface area contributed by atoms with Gasteiger partial charge in [-0.2, -0.15) is 11.8 Å². The molecule has 2 N–H and O–H groups in total. The molecule has 0 aromatic heterocycles. The number of hydrogen-bond acceptors (Lipinski definition) is 3. The Morgan fingerprint density at radius 3 is 2.68 bits per heavy atom. The van der Waals surface area contributed by atoms with Gasteiger partial charge in [0.05, 0.1) is 5.92 Å². The summed E-state index contributed by atoms with van der Waals surface area (Å²) in [6.45, 7) is 5.81. The van der Waals surface area contributed by atoms with E-state index < -0.39 is 5.97 Å². The zero-order valence-corrected chi connectivity index (χ0v) is 12.3. The summed E-state index contributed by atoms with van der Waals surface area (Å²) < 4.78 is 0.106. The third-order valence-electron chi connectivity index (χ3n) is 3.82. The highest BCUT2D eigenvalue weighted by Crippen LogP contribution is 2.30. The van der Waals surface area contributed by atoms with E-state index in [1.165, 1.54) is 0 Å². The zero-order valence-electron chi connectivity index (χ0n) is 11.5. The van der Waals surface area contributed by atoms with Gasteiger partial charge >= 0.3 is 12.0 Å². The monoisotopic (exact) mass is 286 g/mol. The van der Waals surface area contributed by atoms with E-state index in [0.717, 1.165) is 25.3 Å². The Kier molecular flexibility index (Phi) is 4.28. The maximum atomic E-state index is 12.2. The van der Waals surface area contributed by atoms with Gasteiger partial charge in [0.15, 0.2) is 0 Å². The molecule has 2 amide bonds. The predicted octanol–water partition coefficient (Wildman–Crippen LogP) is 1.78. The maximum absolute atomic E-state index is 12.2. The normalized spacial score (nSPS) is 30.1. The number of carboxylic acid groups (broad SMARTS) is 1. The fourth-order valence-corrected chi connectivity index (χ4v) is 3.90. The lowest BCUT2D eigenvalue weighted by molar-refractivity contribution is -0.141. The molecule has 0 aromatic rings. The lowest BCUT2D eigenvalue weighted by atomic mass is 10.1. The van der Waals surface area contributed by atoms with Crippen molar-refractivity contribution >= 4 is 23.8 Å². The van der Waals surface area contributed by atoms with Gasteiger partial charge in [0.2, 0.25) is 0 Å². The molecular formula is C13H22N2O3S. The molecule has 5 nitrogen and oxygen atoms in total. The first kappa shape index (κ1) is 14.5. The van der Waals surface area contributed by atoms with Gasteiger partial charge in [0.1, 0.15) is 0 Å². The van der Waals surface area contributed by atoms with Gasteiger partial charge in [-0.3, -0.25) is 4.79 Å². The van der Waals surface area contributed by atoms with Crippen LogP contribution >= 0.6 is 11.8 Å². The standard InChI is InChI=1S/C13H22N2O3S/c1-13(2)8-15(5-6-19-13)12(18)14-10-4-3-9(7-10)11(16)17/h9-10H,3-8H2,1-2H3,(H,14,18)(H,16,17). The highest BCUT2D eigenvalue weighted by molar-refractivity contribution is 8.00. The van der Waals surface area contributed by atoms with E-state index >= 15 is 0 Å². The van der Waals surface area contributed by atoms with Crippen molar-refractivity contribution in [1.82, 2.24) is 10.2 Å². The molecule has 2 unspecified atom stereocenters. The van der Waals surface area contributed by atoms with Crippen LogP contribution in [0.1, 0.15) is 33.1 Å². The van der Waals surface area contributed by atoms with Gasteiger partial charge < -0.3 is 15.3 Å². The number of thioether (sulfide) groups is 1. The number of carbonyl (C=O) groups excluding carboxylic acids is 1. The van der Waals surface area contributed by atoms with Crippen molar-refractivity contribution in [2.24, 2.45) is 5.92 Å². The van der Waals surface area contributed by atoms with Crippen molar-refractivity contribution in [2.75, 3.05) is 18.8 Å². The minimum Gasteiger partial charge on any atom is -0.481 e. The van der Waals surface area contributed by atoms with Crippen molar-refractivity contribution < 1.29 is 14.7 Å². The lowest BCUT2D eigenvalue weighted by Gasteiger charge is -2.37. The molecule has 2 atom stereocenters. The second-order valence-electron chi connectivity index (χ2n) is 6.02. The third kappa shape index (κ3) is 3.78. The molecule has 1 saturated carbocycles. The van der Waals surface area contributed by atoms with Gasteiger partial charge in [-0.1, -0.05) is 0 Å². The number of carboxylic acids is 1. The van der Waals surface area contributed by atoms with Crippen LogP contribution in [0.15, 0.2) is 0 Å². The van der Waals surface area contributed by atoms with Crippen LogP contribution in [0.25, 0.3) is 0 Å². The molecule has 1 aliphatic heterocycles. The molecule has 0 spiro atoms. The predicted molar refractivity (Wildman–Crippen MR) is 75.4 cm³/mol. The Hall–Kier alpha value is -0.910. The van der Waals surface area contributed by atoms with Gasteiger partial charge in [-0.25, -0.2) is 4.79 Å². The molecule has 6 heteroatoms. The fourth-order valence-electron chi connectivity index (χ4n) is 2.79. The molecule has 108 valence electrons. The van der Waals surface area contributed by atoms with Crippen LogP contribution in [0.4, 0.5) is 4.79 Å². The van der Waals surface area contributed by atoms with Crippen LogP contribution in [-0.2, 0) is 4.79 Å². The van der Waals surface area contributed by atoms with Crippen LogP contribution in [0, 0.1) is 5.92 Å². The van der Waals surface area contributed by atoms with Crippen molar-refractivity contribution in [1.29, 1.82) is 0 Å². The Labute approximate surface area is 118 Å². The number of rotatable bonds is 2. The number of amides is 2. The average Bonchev–Trinajstić information content (AvgIpc) is 2.76. The molecule has 1 heterocycles. The minimum atomic E-state index is -0.743. The summed E-state index contributed by atoms with van der Waals surface area (Å²) in [7, 11) is 0. The number of nitrogens with one attached hydrogen (secondary N) is 1. The smallest absolute Gasteiger partial charge is 0.317 e. The van der Waals surface area contributed by atoms with Crippen LogP contribution in [0.5, 0.6) is 0 Å². The first-order valence-electron chi connectivity index (χ1n) is 6.79. The van der Waals surface area contributed by atoms with E-state index in [2.05, 4.69) is 19.2 Å². The van der Waals surface area contributed by atoms with E-state index in [0.29, 0.717) is 12.8 Å². The van der Waals surface area contributed by atoms with E-state index in [4.69, 9.17) is 5.11 Å². The first-order valence-corrected chi connectivity index (χ1v) is 7.78. The zero-order chi connectivity index (χ0) is 14.0. The highest BCUT2D eigenvalue weighted by atomic mass is 32.2. The van der Waals surface area contributed by atoms with Crippen LogP contribution in [-0.4, -0.2) is 51.6 Å².